The van der Waals surface area contributed by atoms with Gasteiger partial charge in [-0.05, 0) is 36.2 Å². The number of anilines is 1. The lowest BCUT2D eigenvalue weighted by molar-refractivity contribution is -0.126. The van der Waals surface area contributed by atoms with Crippen molar-refractivity contribution in [3.63, 3.8) is 0 Å². The van der Waals surface area contributed by atoms with Gasteiger partial charge in [0, 0.05) is 22.3 Å². The van der Waals surface area contributed by atoms with E-state index < -0.39 is 5.91 Å². The SMILES string of the molecule is Cc1ccccc1CNC(=O)CC(=O)Nc1cc(Cl)cc(Cl)c1. The van der Waals surface area contributed by atoms with Crippen LogP contribution in [0.4, 0.5) is 5.69 Å². The van der Waals surface area contributed by atoms with Gasteiger partial charge in [0.1, 0.15) is 6.42 Å². The fraction of sp³-hybridized carbons (Fsp3) is 0.176. The van der Waals surface area contributed by atoms with Crippen LogP contribution in [0.5, 0.6) is 0 Å². The zero-order valence-electron chi connectivity index (χ0n) is 12.5. The fourth-order valence-electron chi connectivity index (χ4n) is 2.04. The van der Waals surface area contributed by atoms with Crippen molar-refractivity contribution < 1.29 is 9.59 Å². The lowest BCUT2D eigenvalue weighted by atomic mass is 10.1. The van der Waals surface area contributed by atoms with Gasteiger partial charge >= 0.3 is 0 Å². The van der Waals surface area contributed by atoms with Crippen molar-refractivity contribution in [1.82, 2.24) is 5.32 Å². The van der Waals surface area contributed by atoms with Crippen molar-refractivity contribution in [3.8, 4) is 0 Å². The van der Waals surface area contributed by atoms with Gasteiger partial charge in [0.05, 0.1) is 0 Å². The molecule has 0 spiro atoms. The average Bonchev–Trinajstić information content (AvgIpc) is 2.45. The lowest BCUT2D eigenvalue weighted by Crippen LogP contribution is -2.28. The minimum absolute atomic E-state index is 0.268. The summed E-state index contributed by atoms with van der Waals surface area (Å²) in [6.45, 7) is 2.36. The standard InChI is InChI=1S/C17H16Cl2N2O2/c1-11-4-2-3-5-12(11)10-20-16(22)9-17(23)21-15-7-13(18)6-14(19)8-15/h2-8H,9-10H2,1H3,(H,20,22)(H,21,23). The minimum atomic E-state index is -0.425. The Bertz CT molecular complexity index is 712. The summed E-state index contributed by atoms with van der Waals surface area (Å²) in [5.74, 6) is -0.774. The van der Waals surface area contributed by atoms with E-state index in [0.29, 0.717) is 22.3 Å². The van der Waals surface area contributed by atoms with Gasteiger partial charge in [0.25, 0.3) is 0 Å². The number of carbonyl (C=O) groups excluding carboxylic acids is 2. The van der Waals surface area contributed by atoms with Crippen LogP contribution in [-0.2, 0) is 16.1 Å². The molecule has 2 aromatic carbocycles. The topological polar surface area (TPSA) is 58.2 Å². The summed E-state index contributed by atoms with van der Waals surface area (Å²) in [4.78, 5) is 23.7. The first-order valence-electron chi connectivity index (χ1n) is 7.01. The quantitative estimate of drug-likeness (QED) is 0.802. The molecule has 2 amide bonds. The van der Waals surface area contributed by atoms with Crippen molar-refractivity contribution in [1.29, 1.82) is 0 Å². The summed E-state index contributed by atoms with van der Waals surface area (Å²) in [5, 5.41) is 6.15. The highest BCUT2D eigenvalue weighted by Crippen LogP contribution is 2.22. The second-order valence-electron chi connectivity index (χ2n) is 5.09. The summed E-state index contributed by atoms with van der Waals surface area (Å²) in [7, 11) is 0. The first kappa shape index (κ1) is 17.3. The molecular weight excluding hydrogens is 335 g/mol. The van der Waals surface area contributed by atoms with Crippen molar-refractivity contribution in [2.24, 2.45) is 0 Å². The number of amides is 2. The monoisotopic (exact) mass is 350 g/mol. The molecule has 0 aliphatic rings. The Morgan fingerprint density at radius 2 is 1.65 bits per heavy atom. The third-order valence-electron chi connectivity index (χ3n) is 3.20. The number of nitrogens with one attached hydrogen (secondary N) is 2. The first-order chi connectivity index (χ1) is 10.9. The van der Waals surface area contributed by atoms with Crippen LogP contribution in [0, 0.1) is 6.92 Å². The van der Waals surface area contributed by atoms with Gasteiger partial charge in [-0.3, -0.25) is 9.59 Å². The molecule has 0 saturated heterocycles. The van der Waals surface area contributed by atoms with Gasteiger partial charge in [0.15, 0.2) is 0 Å². The third kappa shape index (κ3) is 5.58. The molecule has 0 saturated carbocycles. The van der Waals surface area contributed by atoms with Crippen LogP contribution in [0.1, 0.15) is 17.5 Å². The molecule has 0 radical (unpaired) electrons. The van der Waals surface area contributed by atoms with Gasteiger partial charge in [0.2, 0.25) is 11.8 Å². The average molecular weight is 351 g/mol. The Hall–Kier alpha value is -2.04. The second kappa shape index (κ2) is 7.99. The number of halogens is 2. The second-order valence-corrected chi connectivity index (χ2v) is 5.96. The maximum absolute atomic E-state index is 11.9. The van der Waals surface area contributed by atoms with E-state index in [9.17, 15) is 9.59 Å². The highest BCUT2D eigenvalue weighted by atomic mass is 35.5. The molecule has 2 rings (SSSR count). The Morgan fingerprint density at radius 3 is 2.30 bits per heavy atom. The Kier molecular flexibility index (Phi) is 6.02. The highest BCUT2D eigenvalue weighted by Gasteiger charge is 2.10. The van der Waals surface area contributed by atoms with Crippen LogP contribution in [0.15, 0.2) is 42.5 Å². The summed E-state index contributed by atoms with van der Waals surface area (Å²) < 4.78 is 0. The zero-order valence-corrected chi connectivity index (χ0v) is 14.0. The minimum Gasteiger partial charge on any atom is -0.352 e. The smallest absolute Gasteiger partial charge is 0.233 e. The number of aryl methyl sites for hydroxylation is 1. The van der Waals surface area contributed by atoms with Crippen molar-refractivity contribution >= 4 is 40.7 Å². The Morgan fingerprint density at radius 1 is 1.00 bits per heavy atom. The molecule has 0 bridgehead atoms. The number of benzene rings is 2. The Labute approximate surface area is 144 Å². The highest BCUT2D eigenvalue weighted by molar-refractivity contribution is 6.35. The molecule has 0 atom stereocenters. The molecule has 0 unspecified atom stereocenters. The molecule has 2 N–H and O–H groups in total. The summed E-state index contributed by atoms with van der Waals surface area (Å²) >= 11 is 11.7. The van der Waals surface area contributed by atoms with E-state index in [2.05, 4.69) is 10.6 Å². The fourth-order valence-corrected chi connectivity index (χ4v) is 2.57. The predicted octanol–water partition coefficient (Wildman–Crippen LogP) is 3.95. The van der Waals surface area contributed by atoms with Crippen molar-refractivity contribution in [2.75, 3.05) is 5.32 Å². The predicted molar refractivity (Wildman–Crippen MR) is 92.7 cm³/mol. The number of hydrogen-bond acceptors (Lipinski definition) is 2. The molecule has 0 aliphatic carbocycles. The molecule has 2 aromatic rings. The molecule has 0 heterocycles. The molecular formula is C17H16Cl2N2O2. The van der Waals surface area contributed by atoms with E-state index in [-0.39, 0.29) is 12.3 Å². The van der Waals surface area contributed by atoms with Crippen LogP contribution in [0.25, 0.3) is 0 Å². The number of carbonyl (C=O) groups is 2. The van der Waals surface area contributed by atoms with Gasteiger partial charge in [-0.15, -0.1) is 0 Å². The van der Waals surface area contributed by atoms with Crippen LogP contribution < -0.4 is 10.6 Å². The van der Waals surface area contributed by atoms with Crippen LogP contribution >= 0.6 is 23.2 Å². The molecule has 0 fully saturated rings. The van der Waals surface area contributed by atoms with E-state index in [1.54, 1.807) is 18.2 Å². The number of hydrogen-bond donors (Lipinski definition) is 2. The van der Waals surface area contributed by atoms with Gasteiger partial charge in [-0.1, -0.05) is 47.5 Å². The van der Waals surface area contributed by atoms with Gasteiger partial charge < -0.3 is 10.6 Å². The first-order valence-corrected chi connectivity index (χ1v) is 7.77. The maximum Gasteiger partial charge on any atom is 0.233 e. The summed E-state index contributed by atoms with van der Waals surface area (Å²) in [6.07, 6.45) is -0.268. The molecule has 120 valence electrons. The van der Waals surface area contributed by atoms with Crippen molar-refractivity contribution in [2.45, 2.75) is 19.9 Å². The maximum atomic E-state index is 11.9. The van der Waals surface area contributed by atoms with Crippen LogP contribution in [0.2, 0.25) is 10.0 Å². The molecule has 0 aliphatic heterocycles. The van der Waals surface area contributed by atoms with E-state index in [0.717, 1.165) is 11.1 Å². The molecule has 0 aromatic heterocycles. The van der Waals surface area contributed by atoms with Gasteiger partial charge in [-0.25, -0.2) is 0 Å². The largest absolute Gasteiger partial charge is 0.352 e. The number of rotatable bonds is 5. The molecule has 4 nitrogen and oxygen atoms in total. The van der Waals surface area contributed by atoms with Gasteiger partial charge in [-0.2, -0.15) is 0 Å². The molecule has 6 heteroatoms. The lowest BCUT2D eigenvalue weighted by Gasteiger charge is -2.09. The van der Waals surface area contributed by atoms with E-state index in [4.69, 9.17) is 23.2 Å². The summed E-state index contributed by atoms with van der Waals surface area (Å²) in [5.41, 5.74) is 2.56. The molecule has 23 heavy (non-hydrogen) atoms. The zero-order chi connectivity index (χ0) is 16.8. The van der Waals surface area contributed by atoms with Crippen LogP contribution in [0.3, 0.4) is 0 Å². The Balaban J connectivity index is 1.85. The van der Waals surface area contributed by atoms with E-state index in [1.807, 2.05) is 31.2 Å². The third-order valence-corrected chi connectivity index (χ3v) is 3.64. The summed E-state index contributed by atoms with van der Waals surface area (Å²) in [6, 6.07) is 12.4. The normalized spacial score (nSPS) is 10.2. The van der Waals surface area contributed by atoms with Crippen LogP contribution in [-0.4, -0.2) is 11.8 Å². The van der Waals surface area contributed by atoms with E-state index >= 15 is 0 Å². The van der Waals surface area contributed by atoms with Crippen molar-refractivity contribution in [3.05, 3.63) is 63.6 Å². The van der Waals surface area contributed by atoms with E-state index in [1.165, 1.54) is 0 Å².